The van der Waals surface area contributed by atoms with Crippen LogP contribution >= 0.6 is 34.7 Å². The van der Waals surface area contributed by atoms with E-state index in [4.69, 9.17) is 11.6 Å². The third kappa shape index (κ3) is 2.07. The predicted molar refractivity (Wildman–Crippen MR) is 75.5 cm³/mol. The standard InChI is InChI=1S/C12H13ClN2S2/c1-2-16-12-14-10(13)9-7-5-3-4-6-8(7)17-11(9)15-12/h2-6H2,1H3. The third-order valence-electron chi connectivity index (χ3n) is 3.02. The fourth-order valence-electron chi connectivity index (χ4n) is 2.29. The van der Waals surface area contributed by atoms with Gasteiger partial charge in [-0.05, 0) is 37.0 Å². The fourth-order valence-corrected chi connectivity index (χ4v) is 4.57. The van der Waals surface area contributed by atoms with Crippen molar-refractivity contribution in [1.29, 1.82) is 0 Å². The number of hydrogen-bond acceptors (Lipinski definition) is 4. The van der Waals surface area contributed by atoms with Crippen LogP contribution in [0, 0.1) is 0 Å². The van der Waals surface area contributed by atoms with Crippen molar-refractivity contribution in [3.8, 4) is 0 Å². The van der Waals surface area contributed by atoms with E-state index >= 15 is 0 Å². The Morgan fingerprint density at radius 2 is 2.12 bits per heavy atom. The number of halogens is 1. The lowest BCUT2D eigenvalue weighted by Crippen LogP contribution is -1.98. The molecule has 0 bridgehead atoms. The van der Waals surface area contributed by atoms with Gasteiger partial charge in [-0.1, -0.05) is 30.3 Å². The summed E-state index contributed by atoms with van der Waals surface area (Å²) < 4.78 is 0. The van der Waals surface area contributed by atoms with E-state index in [1.165, 1.54) is 29.7 Å². The van der Waals surface area contributed by atoms with Crippen LogP contribution in [-0.2, 0) is 12.8 Å². The van der Waals surface area contributed by atoms with Gasteiger partial charge in [-0.15, -0.1) is 11.3 Å². The molecule has 2 nitrogen and oxygen atoms in total. The van der Waals surface area contributed by atoms with E-state index in [9.17, 15) is 0 Å². The summed E-state index contributed by atoms with van der Waals surface area (Å²) in [6.45, 7) is 2.10. The second-order valence-electron chi connectivity index (χ2n) is 4.12. The Kier molecular flexibility index (Phi) is 3.28. The van der Waals surface area contributed by atoms with E-state index < -0.39 is 0 Å². The van der Waals surface area contributed by atoms with Gasteiger partial charge < -0.3 is 0 Å². The van der Waals surface area contributed by atoms with Crippen molar-refractivity contribution in [1.82, 2.24) is 9.97 Å². The molecule has 2 aromatic rings. The number of aromatic nitrogens is 2. The van der Waals surface area contributed by atoms with Gasteiger partial charge >= 0.3 is 0 Å². The Balaban J connectivity index is 2.19. The van der Waals surface area contributed by atoms with E-state index in [1.807, 2.05) is 0 Å². The number of rotatable bonds is 2. The molecule has 0 saturated carbocycles. The molecule has 1 aliphatic carbocycles. The first-order chi connectivity index (χ1) is 8.29. The molecule has 0 atom stereocenters. The first kappa shape index (κ1) is 11.8. The van der Waals surface area contributed by atoms with Crippen molar-refractivity contribution >= 4 is 44.9 Å². The van der Waals surface area contributed by atoms with E-state index in [0.29, 0.717) is 5.15 Å². The van der Waals surface area contributed by atoms with Crippen molar-refractivity contribution in [3.63, 3.8) is 0 Å². The lowest BCUT2D eigenvalue weighted by molar-refractivity contribution is 0.700. The molecule has 0 N–H and O–H groups in total. The molecule has 90 valence electrons. The van der Waals surface area contributed by atoms with Gasteiger partial charge in [-0.25, -0.2) is 9.97 Å². The lowest BCUT2D eigenvalue weighted by Gasteiger charge is -2.10. The van der Waals surface area contributed by atoms with Crippen LogP contribution in [0.3, 0.4) is 0 Å². The van der Waals surface area contributed by atoms with Crippen LogP contribution in [0.15, 0.2) is 5.16 Å². The number of hydrogen-bond donors (Lipinski definition) is 0. The molecule has 3 rings (SSSR count). The zero-order chi connectivity index (χ0) is 11.8. The average Bonchev–Trinajstić information content (AvgIpc) is 2.67. The topological polar surface area (TPSA) is 25.8 Å². The molecule has 0 unspecified atom stereocenters. The summed E-state index contributed by atoms with van der Waals surface area (Å²) in [7, 11) is 0. The van der Waals surface area contributed by atoms with Crippen LogP contribution in [0.4, 0.5) is 0 Å². The summed E-state index contributed by atoms with van der Waals surface area (Å²) in [6, 6.07) is 0. The third-order valence-corrected chi connectivity index (χ3v) is 5.21. The Bertz CT molecular complexity index is 565. The summed E-state index contributed by atoms with van der Waals surface area (Å²) in [5.41, 5.74) is 1.41. The summed E-state index contributed by atoms with van der Waals surface area (Å²) in [5.74, 6) is 0.979. The van der Waals surface area contributed by atoms with Crippen LogP contribution in [-0.4, -0.2) is 15.7 Å². The van der Waals surface area contributed by atoms with Gasteiger partial charge in [0.05, 0.1) is 5.39 Å². The highest BCUT2D eigenvalue weighted by Gasteiger charge is 2.20. The Hall–Kier alpha value is -0.320. The van der Waals surface area contributed by atoms with Gasteiger partial charge in [0.2, 0.25) is 0 Å². The molecule has 0 fully saturated rings. The minimum Gasteiger partial charge on any atom is -0.211 e. The maximum atomic E-state index is 6.32. The predicted octanol–water partition coefficient (Wildman–Crippen LogP) is 4.34. The van der Waals surface area contributed by atoms with E-state index in [0.717, 1.165) is 27.5 Å². The lowest BCUT2D eigenvalue weighted by atomic mass is 9.97. The highest BCUT2D eigenvalue weighted by molar-refractivity contribution is 7.99. The highest BCUT2D eigenvalue weighted by Crippen LogP contribution is 2.39. The van der Waals surface area contributed by atoms with E-state index in [1.54, 1.807) is 23.1 Å². The summed E-state index contributed by atoms with van der Waals surface area (Å²) >= 11 is 9.77. The summed E-state index contributed by atoms with van der Waals surface area (Å²) in [6.07, 6.45) is 4.88. The smallest absolute Gasteiger partial charge is 0.190 e. The monoisotopic (exact) mass is 284 g/mol. The largest absolute Gasteiger partial charge is 0.211 e. The average molecular weight is 285 g/mol. The van der Waals surface area contributed by atoms with Crippen molar-refractivity contribution in [2.75, 3.05) is 5.75 Å². The van der Waals surface area contributed by atoms with Crippen molar-refractivity contribution < 1.29 is 0 Å². The number of thiophene rings is 1. The number of thioether (sulfide) groups is 1. The zero-order valence-corrected chi connectivity index (χ0v) is 12.0. The highest BCUT2D eigenvalue weighted by atomic mass is 35.5. The Morgan fingerprint density at radius 1 is 1.29 bits per heavy atom. The first-order valence-electron chi connectivity index (χ1n) is 5.90. The molecule has 5 heteroatoms. The van der Waals surface area contributed by atoms with Crippen molar-refractivity contribution in [3.05, 3.63) is 15.6 Å². The van der Waals surface area contributed by atoms with Crippen LogP contribution in [0.25, 0.3) is 10.2 Å². The maximum absolute atomic E-state index is 6.32. The maximum Gasteiger partial charge on any atom is 0.190 e. The number of nitrogens with zero attached hydrogens (tertiary/aromatic N) is 2. The number of fused-ring (bicyclic) bond motifs is 3. The molecule has 2 heterocycles. The van der Waals surface area contributed by atoms with Gasteiger partial charge in [0, 0.05) is 4.88 Å². The first-order valence-corrected chi connectivity index (χ1v) is 8.08. The van der Waals surface area contributed by atoms with Crippen molar-refractivity contribution in [2.24, 2.45) is 0 Å². The van der Waals surface area contributed by atoms with Crippen molar-refractivity contribution in [2.45, 2.75) is 37.8 Å². The number of aryl methyl sites for hydroxylation is 2. The van der Waals surface area contributed by atoms with Gasteiger partial charge in [-0.2, -0.15) is 0 Å². The second-order valence-corrected chi connectivity index (χ2v) is 6.79. The fraction of sp³-hybridized carbons (Fsp3) is 0.500. The van der Waals surface area contributed by atoms with Crippen LogP contribution in [0.5, 0.6) is 0 Å². The molecule has 0 spiro atoms. The molecule has 0 radical (unpaired) electrons. The summed E-state index contributed by atoms with van der Waals surface area (Å²) in [5, 5.41) is 2.57. The van der Waals surface area contributed by atoms with Gasteiger partial charge in [-0.3, -0.25) is 0 Å². The quantitative estimate of drug-likeness (QED) is 0.466. The molecule has 1 aliphatic rings. The molecule has 0 aromatic carbocycles. The van der Waals surface area contributed by atoms with E-state index in [2.05, 4.69) is 16.9 Å². The van der Waals surface area contributed by atoms with Crippen LogP contribution in [0.2, 0.25) is 5.15 Å². The SMILES string of the molecule is CCSc1nc(Cl)c2c3c(sc2n1)CCCC3. The molecular formula is C12H13ClN2S2. The Labute approximate surface area is 114 Å². The molecule has 17 heavy (non-hydrogen) atoms. The van der Waals surface area contributed by atoms with Gasteiger partial charge in [0.25, 0.3) is 0 Å². The minimum absolute atomic E-state index is 0.644. The molecule has 2 aromatic heterocycles. The normalized spacial score (nSPS) is 15.2. The van der Waals surface area contributed by atoms with E-state index in [-0.39, 0.29) is 0 Å². The molecule has 0 aliphatic heterocycles. The zero-order valence-electron chi connectivity index (χ0n) is 9.62. The van der Waals surface area contributed by atoms with Gasteiger partial charge in [0.15, 0.2) is 5.16 Å². The molecule has 0 amide bonds. The van der Waals surface area contributed by atoms with Crippen LogP contribution < -0.4 is 0 Å². The second kappa shape index (κ2) is 4.75. The summed E-state index contributed by atoms with van der Waals surface area (Å²) in [4.78, 5) is 11.6. The molecule has 0 saturated heterocycles. The van der Waals surface area contributed by atoms with Crippen LogP contribution in [0.1, 0.15) is 30.2 Å². The minimum atomic E-state index is 0.644. The Morgan fingerprint density at radius 3 is 2.94 bits per heavy atom. The van der Waals surface area contributed by atoms with Gasteiger partial charge in [0.1, 0.15) is 9.98 Å². The molecular weight excluding hydrogens is 272 g/mol.